The first-order chi connectivity index (χ1) is 12.9. The van der Waals surface area contributed by atoms with E-state index in [-0.39, 0.29) is 16.6 Å². The van der Waals surface area contributed by atoms with E-state index in [1.807, 2.05) is 36.9 Å². The Morgan fingerprint density at radius 1 is 1.19 bits per heavy atom. The van der Waals surface area contributed by atoms with Crippen LogP contribution in [0.2, 0.25) is 5.02 Å². The number of para-hydroxylation sites is 1. The average molecular weight is 390 g/mol. The monoisotopic (exact) mass is 389 g/mol. The van der Waals surface area contributed by atoms with Crippen molar-refractivity contribution in [3.63, 3.8) is 0 Å². The van der Waals surface area contributed by atoms with Crippen molar-refractivity contribution in [3.05, 3.63) is 46.7 Å². The first kappa shape index (κ1) is 20.6. The molecule has 1 N–H and O–H groups in total. The highest BCUT2D eigenvalue weighted by atomic mass is 35.5. The predicted molar refractivity (Wildman–Crippen MR) is 107 cm³/mol. The van der Waals surface area contributed by atoms with Crippen molar-refractivity contribution in [1.29, 1.82) is 0 Å². The standard InChI is InChI=1S/C19H24ClN5O2/c1-5-25(6-2)19-21-11-15(20)17(23-19)18(27)22-16-10-8-7-9-14(16)12-24(4)13(3)26/h7-11H,5-6,12H2,1-4H3,(H,22,27). The van der Waals surface area contributed by atoms with Gasteiger partial charge in [0.2, 0.25) is 11.9 Å². The molecule has 0 radical (unpaired) electrons. The fourth-order valence-electron chi connectivity index (χ4n) is 2.50. The summed E-state index contributed by atoms with van der Waals surface area (Å²) in [4.78, 5) is 36.3. The SMILES string of the molecule is CCN(CC)c1ncc(Cl)c(C(=O)Nc2ccccc2CN(C)C(C)=O)n1. The molecule has 7 nitrogen and oxygen atoms in total. The summed E-state index contributed by atoms with van der Waals surface area (Å²) in [5, 5.41) is 3.03. The van der Waals surface area contributed by atoms with Crippen molar-refractivity contribution in [2.75, 3.05) is 30.4 Å². The zero-order chi connectivity index (χ0) is 20.0. The minimum Gasteiger partial charge on any atom is -0.342 e. The third-order valence-electron chi connectivity index (χ3n) is 4.20. The summed E-state index contributed by atoms with van der Waals surface area (Å²) < 4.78 is 0. The van der Waals surface area contributed by atoms with Gasteiger partial charge in [-0.2, -0.15) is 0 Å². The van der Waals surface area contributed by atoms with Gasteiger partial charge >= 0.3 is 0 Å². The molecule has 144 valence electrons. The summed E-state index contributed by atoms with van der Waals surface area (Å²) in [7, 11) is 1.71. The largest absolute Gasteiger partial charge is 0.342 e. The van der Waals surface area contributed by atoms with Crippen molar-refractivity contribution in [1.82, 2.24) is 14.9 Å². The Hall–Kier alpha value is -2.67. The number of rotatable bonds is 7. The number of anilines is 2. The van der Waals surface area contributed by atoms with E-state index in [2.05, 4.69) is 15.3 Å². The van der Waals surface area contributed by atoms with Gasteiger partial charge in [0.1, 0.15) is 0 Å². The Bertz CT molecular complexity index is 823. The minimum absolute atomic E-state index is 0.0566. The van der Waals surface area contributed by atoms with Gasteiger partial charge in [-0.05, 0) is 25.5 Å². The number of aromatic nitrogens is 2. The van der Waals surface area contributed by atoms with Crippen molar-refractivity contribution >= 4 is 35.1 Å². The highest BCUT2D eigenvalue weighted by Crippen LogP contribution is 2.21. The van der Waals surface area contributed by atoms with Crippen LogP contribution in [-0.2, 0) is 11.3 Å². The highest BCUT2D eigenvalue weighted by molar-refractivity contribution is 6.34. The van der Waals surface area contributed by atoms with Gasteiger partial charge < -0.3 is 15.1 Å². The number of nitrogens with zero attached hydrogens (tertiary/aromatic N) is 4. The fraction of sp³-hybridized carbons (Fsp3) is 0.368. The van der Waals surface area contributed by atoms with Crippen LogP contribution in [0.5, 0.6) is 0 Å². The van der Waals surface area contributed by atoms with Gasteiger partial charge in [0.05, 0.1) is 11.2 Å². The van der Waals surface area contributed by atoms with E-state index in [0.29, 0.717) is 18.2 Å². The lowest BCUT2D eigenvalue weighted by atomic mass is 10.1. The number of benzene rings is 1. The number of halogens is 1. The molecule has 27 heavy (non-hydrogen) atoms. The number of hydrogen-bond acceptors (Lipinski definition) is 5. The third kappa shape index (κ3) is 5.17. The normalized spacial score (nSPS) is 10.4. The lowest BCUT2D eigenvalue weighted by molar-refractivity contribution is -0.128. The Kier molecular flexibility index (Phi) is 7.12. The smallest absolute Gasteiger partial charge is 0.276 e. The summed E-state index contributed by atoms with van der Waals surface area (Å²) in [5.41, 5.74) is 1.54. The van der Waals surface area contributed by atoms with E-state index in [1.165, 1.54) is 13.1 Å². The molecule has 1 aromatic carbocycles. The van der Waals surface area contributed by atoms with Crippen molar-refractivity contribution in [3.8, 4) is 0 Å². The molecule has 0 atom stereocenters. The number of carbonyl (C=O) groups excluding carboxylic acids is 2. The van der Waals surface area contributed by atoms with Crippen molar-refractivity contribution < 1.29 is 9.59 Å². The van der Waals surface area contributed by atoms with E-state index >= 15 is 0 Å². The number of hydrogen-bond donors (Lipinski definition) is 1. The highest BCUT2D eigenvalue weighted by Gasteiger charge is 2.18. The van der Waals surface area contributed by atoms with Crippen LogP contribution in [0.1, 0.15) is 36.8 Å². The summed E-state index contributed by atoms with van der Waals surface area (Å²) >= 11 is 6.16. The zero-order valence-corrected chi connectivity index (χ0v) is 16.7. The molecule has 2 amide bonds. The van der Waals surface area contributed by atoms with Crippen molar-refractivity contribution in [2.45, 2.75) is 27.3 Å². The van der Waals surface area contributed by atoms with E-state index in [0.717, 1.165) is 18.7 Å². The van der Waals surface area contributed by atoms with Gasteiger partial charge in [0.25, 0.3) is 5.91 Å². The molecule has 8 heteroatoms. The second-order valence-electron chi connectivity index (χ2n) is 6.03. The predicted octanol–water partition coefficient (Wildman–Crippen LogP) is 3.21. The van der Waals surface area contributed by atoms with E-state index in [9.17, 15) is 9.59 Å². The Morgan fingerprint density at radius 3 is 2.48 bits per heavy atom. The minimum atomic E-state index is -0.422. The first-order valence-electron chi connectivity index (χ1n) is 8.75. The topological polar surface area (TPSA) is 78.4 Å². The van der Waals surface area contributed by atoms with Crippen molar-refractivity contribution in [2.24, 2.45) is 0 Å². The zero-order valence-electron chi connectivity index (χ0n) is 16.0. The Labute approximate surface area is 164 Å². The molecule has 0 aliphatic heterocycles. The second-order valence-corrected chi connectivity index (χ2v) is 6.43. The molecular formula is C19H24ClN5O2. The van der Waals surface area contributed by atoms with E-state index in [4.69, 9.17) is 11.6 Å². The first-order valence-corrected chi connectivity index (χ1v) is 9.13. The molecule has 0 saturated heterocycles. The van der Waals surface area contributed by atoms with Gasteiger partial charge in [-0.1, -0.05) is 29.8 Å². The van der Waals surface area contributed by atoms with Crippen LogP contribution in [0, 0.1) is 0 Å². The molecule has 0 saturated carbocycles. The summed E-state index contributed by atoms with van der Waals surface area (Å²) in [6.45, 7) is 7.30. The van der Waals surface area contributed by atoms with Crippen LogP contribution >= 0.6 is 11.6 Å². The fourth-order valence-corrected chi connectivity index (χ4v) is 2.68. The average Bonchev–Trinajstić information content (AvgIpc) is 2.65. The number of carbonyl (C=O) groups is 2. The quantitative estimate of drug-likeness (QED) is 0.786. The lowest BCUT2D eigenvalue weighted by Crippen LogP contribution is -2.26. The molecule has 0 unspecified atom stereocenters. The number of nitrogens with one attached hydrogen (secondary N) is 1. The lowest BCUT2D eigenvalue weighted by Gasteiger charge is -2.20. The summed E-state index contributed by atoms with van der Waals surface area (Å²) in [6.07, 6.45) is 1.44. The van der Waals surface area contributed by atoms with E-state index in [1.54, 1.807) is 18.0 Å². The molecule has 0 aliphatic carbocycles. The molecule has 0 fully saturated rings. The summed E-state index contributed by atoms with van der Waals surface area (Å²) in [6, 6.07) is 7.31. The molecular weight excluding hydrogens is 366 g/mol. The van der Waals surface area contributed by atoms with Crippen LogP contribution in [-0.4, -0.2) is 46.8 Å². The molecule has 2 aromatic rings. The third-order valence-corrected chi connectivity index (χ3v) is 4.48. The maximum atomic E-state index is 12.8. The Balaban J connectivity index is 2.28. The molecule has 0 bridgehead atoms. The van der Waals surface area contributed by atoms with Gasteiger partial charge in [-0.3, -0.25) is 9.59 Å². The molecule has 1 heterocycles. The van der Waals surface area contributed by atoms with Crippen LogP contribution in [0.25, 0.3) is 0 Å². The molecule has 0 aliphatic rings. The van der Waals surface area contributed by atoms with E-state index < -0.39 is 5.91 Å². The molecule has 1 aromatic heterocycles. The second kappa shape index (κ2) is 9.32. The van der Waals surface area contributed by atoms with Crippen LogP contribution in [0.4, 0.5) is 11.6 Å². The van der Waals surface area contributed by atoms with Gasteiger partial charge in [-0.15, -0.1) is 0 Å². The summed E-state index contributed by atoms with van der Waals surface area (Å²) in [5.74, 6) is -0.0216. The maximum Gasteiger partial charge on any atom is 0.276 e. The van der Waals surface area contributed by atoms with Crippen LogP contribution < -0.4 is 10.2 Å². The van der Waals surface area contributed by atoms with Crippen LogP contribution in [0.15, 0.2) is 30.5 Å². The van der Waals surface area contributed by atoms with Gasteiger partial charge in [-0.25, -0.2) is 9.97 Å². The van der Waals surface area contributed by atoms with Gasteiger partial charge in [0.15, 0.2) is 5.69 Å². The molecule has 2 rings (SSSR count). The maximum absolute atomic E-state index is 12.8. The van der Waals surface area contributed by atoms with Crippen LogP contribution in [0.3, 0.4) is 0 Å². The number of amides is 2. The molecule has 0 spiro atoms. The Morgan fingerprint density at radius 2 is 1.85 bits per heavy atom. The van der Waals surface area contributed by atoms with Gasteiger partial charge in [0, 0.05) is 39.3 Å².